The van der Waals surface area contributed by atoms with Crippen LogP contribution in [0.3, 0.4) is 0 Å². The number of carbonyl (C=O) groups is 1. The van der Waals surface area contributed by atoms with E-state index < -0.39 is 20.8 Å². The third kappa shape index (κ3) is 5.24. The molecule has 2 aromatic carbocycles. The van der Waals surface area contributed by atoms with Gasteiger partial charge in [0.15, 0.2) is 0 Å². The highest BCUT2D eigenvalue weighted by atomic mass is 35.6. The molecule has 1 amide bonds. The second-order valence-electron chi connectivity index (χ2n) is 5.72. The van der Waals surface area contributed by atoms with Crippen LogP contribution >= 0.6 is 34.8 Å². The van der Waals surface area contributed by atoms with Crippen molar-refractivity contribution in [2.75, 3.05) is 5.32 Å². The van der Waals surface area contributed by atoms with Crippen molar-refractivity contribution < 1.29 is 9.72 Å². The van der Waals surface area contributed by atoms with Crippen molar-refractivity contribution in [1.29, 1.82) is 0 Å². The van der Waals surface area contributed by atoms with Gasteiger partial charge in [0, 0.05) is 23.4 Å². The highest BCUT2D eigenvalue weighted by molar-refractivity contribution is 6.68. The molecule has 0 aliphatic carbocycles. The summed E-state index contributed by atoms with van der Waals surface area (Å²) in [5.41, 5.74) is 2.55. The summed E-state index contributed by atoms with van der Waals surface area (Å²) < 4.78 is -1.85. The summed E-state index contributed by atoms with van der Waals surface area (Å²) in [5.74, 6) is -0.609. The highest BCUT2D eigenvalue weighted by Crippen LogP contribution is 2.32. The number of rotatable bonds is 5. The zero-order chi connectivity index (χ0) is 19.5. The van der Waals surface area contributed by atoms with Crippen molar-refractivity contribution in [2.45, 2.75) is 23.8 Å². The fourth-order valence-electron chi connectivity index (χ4n) is 2.31. The zero-order valence-electron chi connectivity index (χ0n) is 13.9. The molecule has 0 saturated carbocycles. The number of amides is 1. The van der Waals surface area contributed by atoms with Gasteiger partial charge in [-0.2, -0.15) is 0 Å². The number of benzene rings is 2. The number of hydrogen-bond donors (Lipinski definition) is 2. The Morgan fingerprint density at radius 2 is 1.85 bits per heavy atom. The average Bonchev–Trinajstić information content (AvgIpc) is 2.55. The number of nitro benzene ring substituents is 1. The van der Waals surface area contributed by atoms with Gasteiger partial charge in [-0.3, -0.25) is 14.9 Å². The van der Waals surface area contributed by atoms with Crippen molar-refractivity contribution >= 4 is 52.1 Å². The van der Waals surface area contributed by atoms with E-state index in [9.17, 15) is 14.9 Å². The fraction of sp³-hybridized carbons (Fsp3) is 0.235. The van der Waals surface area contributed by atoms with Gasteiger partial charge in [-0.15, -0.1) is 0 Å². The monoisotopic (exact) mass is 415 g/mol. The lowest BCUT2D eigenvalue weighted by Gasteiger charge is -2.28. The average molecular weight is 417 g/mol. The molecule has 2 N–H and O–H groups in total. The largest absolute Gasteiger partial charge is 0.362 e. The third-order valence-electron chi connectivity index (χ3n) is 3.60. The molecular formula is C17H16Cl3N3O3. The molecule has 0 saturated heterocycles. The molecule has 138 valence electrons. The van der Waals surface area contributed by atoms with E-state index in [1.54, 1.807) is 0 Å². The van der Waals surface area contributed by atoms with Gasteiger partial charge in [-0.05, 0) is 31.5 Å². The second-order valence-corrected chi connectivity index (χ2v) is 8.09. The second kappa shape index (κ2) is 8.12. The maximum atomic E-state index is 12.5. The maximum absolute atomic E-state index is 12.5. The number of aryl methyl sites for hydroxylation is 2. The van der Waals surface area contributed by atoms with Crippen molar-refractivity contribution in [3.8, 4) is 0 Å². The minimum absolute atomic E-state index is 0.0841. The van der Waals surface area contributed by atoms with E-state index in [4.69, 9.17) is 34.8 Å². The molecule has 2 rings (SSSR count). The maximum Gasteiger partial charge on any atom is 0.270 e. The van der Waals surface area contributed by atoms with Gasteiger partial charge < -0.3 is 10.6 Å². The lowest BCUT2D eigenvalue weighted by Crippen LogP contribution is -2.49. The first-order valence-electron chi connectivity index (χ1n) is 7.54. The van der Waals surface area contributed by atoms with Gasteiger partial charge in [0.25, 0.3) is 11.6 Å². The van der Waals surface area contributed by atoms with Crippen LogP contribution in [0, 0.1) is 24.0 Å². The van der Waals surface area contributed by atoms with Crippen LogP contribution in [-0.2, 0) is 0 Å². The van der Waals surface area contributed by atoms with Gasteiger partial charge in [-0.25, -0.2) is 0 Å². The number of nitrogens with one attached hydrogen (secondary N) is 2. The Bertz CT molecular complexity index is 837. The van der Waals surface area contributed by atoms with Crippen molar-refractivity contribution in [2.24, 2.45) is 0 Å². The molecule has 0 fully saturated rings. The predicted molar refractivity (Wildman–Crippen MR) is 104 cm³/mol. The summed E-state index contributed by atoms with van der Waals surface area (Å²) in [6, 6.07) is 10.9. The number of hydrogen-bond acceptors (Lipinski definition) is 4. The van der Waals surface area contributed by atoms with Crippen LogP contribution in [0.4, 0.5) is 11.4 Å². The number of nitro groups is 1. The van der Waals surface area contributed by atoms with E-state index in [0.717, 1.165) is 17.2 Å². The van der Waals surface area contributed by atoms with E-state index in [0.29, 0.717) is 5.69 Å². The molecule has 0 aromatic heterocycles. The summed E-state index contributed by atoms with van der Waals surface area (Å²) >= 11 is 18.0. The van der Waals surface area contributed by atoms with Crippen molar-refractivity contribution in [1.82, 2.24) is 5.32 Å². The Morgan fingerprint density at radius 1 is 1.15 bits per heavy atom. The van der Waals surface area contributed by atoms with Gasteiger partial charge in [0.05, 0.1) is 4.92 Å². The zero-order valence-corrected chi connectivity index (χ0v) is 16.2. The molecule has 9 heteroatoms. The summed E-state index contributed by atoms with van der Waals surface area (Å²) in [6.45, 7) is 3.83. The normalized spacial score (nSPS) is 12.3. The molecule has 0 radical (unpaired) electrons. The molecule has 0 heterocycles. The Morgan fingerprint density at radius 3 is 2.42 bits per heavy atom. The van der Waals surface area contributed by atoms with Crippen LogP contribution < -0.4 is 10.6 Å². The van der Waals surface area contributed by atoms with E-state index in [-0.39, 0.29) is 11.3 Å². The molecule has 0 aliphatic heterocycles. The Labute approximate surface area is 165 Å². The minimum atomic E-state index is -1.85. The molecule has 6 nitrogen and oxygen atoms in total. The molecule has 0 bridgehead atoms. The van der Waals surface area contributed by atoms with Gasteiger partial charge in [0.2, 0.25) is 3.79 Å². The van der Waals surface area contributed by atoms with Crippen LogP contribution in [0.5, 0.6) is 0 Å². The Balaban J connectivity index is 2.24. The van der Waals surface area contributed by atoms with Crippen LogP contribution in [0.25, 0.3) is 0 Å². The number of non-ortho nitro benzene ring substituents is 1. The molecule has 0 spiro atoms. The smallest absolute Gasteiger partial charge is 0.270 e. The molecule has 1 atom stereocenters. The van der Waals surface area contributed by atoms with Crippen LogP contribution in [0.2, 0.25) is 0 Å². The lowest BCUT2D eigenvalue weighted by molar-refractivity contribution is -0.384. The first kappa shape index (κ1) is 20.3. The van der Waals surface area contributed by atoms with Crippen LogP contribution in [-0.4, -0.2) is 20.8 Å². The number of anilines is 1. The summed E-state index contributed by atoms with van der Waals surface area (Å²) in [5, 5.41) is 16.4. The minimum Gasteiger partial charge on any atom is -0.362 e. The standard InChI is InChI=1S/C17H16Cl3N3O3/c1-10-6-7-14(11(2)8-10)21-16(17(18,19)20)22-15(24)12-4-3-5-13(9-12)23(25)26/h3-9,16,21H,1-2H3,(H,22,24)/t16-/m0/s1. The quantitative estimate of drug-likeness (QED) is 0.319. The third-order valence-corrected chi connectivity index (χ3v) is 4.26. The number of halogens is 3. The van der Waals surface area contributed by atoms with Gasteiger partial charge >= 0.3 is 0 Å². The molecule has 2 aromatic rings. The van der Waals surface area contributed by atoms with Gasteiger partial charge in [0.1, 0.15) is 6.17 Å². The lowest BCUT2D eigenvalue weighted by atomic mass is 10.1. The van der Waals surface area contributed by atoms with E-state index in [2.05, 4.69) is 10.6 Å². The van der Waals surface area contributed by atoms with E-state index in [1.807, 2.05) is 32.0 Å². The van der Waals surface area contributed by atoms with Gasteiger partial charge in [-0.1, -0.05) is 58.6 Å². The molecule has 0 unspecified atom stereocenters. The Hall–Kier alpha value is -2.02. The van der Waals surface area contributed by atoms with Crippen molar-refractivity contribution in [3.05, 3.63) is 69.3 Å². The number of alkyl halides is 3. The first-order chi connectivity index (χ1) is 12.1. The molecule has 0 aliphatic rings. The van der Waals surface area contributed by atoms with E-state index >= 15 is 0 Å². The highest BCUT2D eigenvalue weighted by Gasteiger charge is 2.34. The topological polar surface area (TPSA) is 84.3 Å². The van der Waals surface area contributed by atoms with Crippen LogP contribution in [0.1, 0.15) is 21.5 Å². The molecule has 26 heavy (non-hydrogen) atoms. The summed E-state index contributed by atoms with van der Waals surface area (Å²) in [4.78, 5) is 22.7. The predicted octanol–water partition coefficient (Wildman–Crippen LogP) is 4.75. The summed E-state index contributed by atoms with van der Waals surface area (Å²) in [6.07, 6.45) is -1.05. The van der Waals surface area contributed by atoms with E-state index in [1.165, 1.54) is 18.2 Å². The fourth-order valence-corrected chi connectivity index (χ4v) is 2.63. The van der Waals surface area contributed by atoms with Crippen LogP contribution in [0.15, 0.2) is 42.5 Å². The SMILES string of the molecule is Cc1ccc(N[C@@H](NC(=O)c2cccc([N+](=O)[O-])c2)C(Cl)(Cl)Cl)c(C)c1. The Kier molecular flexibility index (Phi) is 6.34. The number of nitrogens with zero attached hydrogens (tertiary/aromatic N) is 1. The summed E-state index contributed by atoms with van der Waals surface area (Å²) in [7, 11) is 0. The first-order valence-corrected chi connectivity index (χ1v) is 8.67. The number of carbonyl (C=O) groups excluding carboxylic acids is 1. The van der Waals surface area contributed by atoms with Crippen molar-refractivity contribution in [3.63, 3.8) is 0 Å². The molecular weight excluding hydrogens is 401 g/mol.